The molecule has 0 atom stereocenters. The SMILES string of the molecule is [C-]#[N+]CC1(n2cc(C(N)=O)c(NC(=O)C3CC3)n2)CCN(Cc2ccc(-c3ccccc3)c(C)c2)CC1. The first-order valence-electron chi connectivity index (χ1n) is 12.8. The largest absolute Gasteiger partial charge is 0.365 e. The van der Waals surface area contributed by atoms with E-state index in [-0.39, 0.29) is 29.8 Å². The van der Waals surface area contributed by atoms with E-state index >= 15 is 0 Å². The molecule has 1 saturated heterocycles. The summed E-state index contributed by atoms with van der Waals surface area (Å²) in [6.07, 6.45) is 4.74. The molecule has 8 heteroatoms. The molecule has 1 saturated carbocycles. The van der Waals surface area contributed by atoms with Crippen molar-refractivity contribution in [3.63, 3.8) is 0 Å². The predicted molar refractivity (Wildman–Crippen MR) is 143 cm³/mol. The van der Waals surface area contributed by atoms with E-state index < -0.39 is 11.4 Å². The number of primary amides is 1. The van der Waals surface area contributed by atoms with Gasteiger partial charge in [0.2, 0.25) is 12.5 Å². The number of carbonyl (C=O) groups is 2. The summed E-state index contributed by atoms with van der Waals surface area (Å²) >= 11 is 0. The highest BCUT2D eigenvalue weighted by atomic mass is 16.2. The summed E-state index contributed by atoms with van der Waals surface area (Å²) in [5.74, 6) is -0.584. The van der Waals surface area contributed by atoms with Crippen molar-refractivity contribution in [3.05, 3.63) is 82.8 Å². The number of nitrogens with zero attached hydrogens (tertiary/aromatic N) is 4. The predicted octanol–water partition coefficient (Wildman–Crippen LogP) is 4.22. The minimum absolute atomic E-state index is 0.0169. The molecule has 3 N–H and O–H groups in total. The number of piperidine rings is 1. The monoisotopic (exact) mass is 496 g/mol. The molecule has 8 nitrogen and oxygen atoms in total. The number of rotatable bonds is 8. The summed E-state index contributed by atoms with van der Waals surface area (Å²) in [5.41, 5.74) is 10.2. The second kappa shape index (κ2) is 10.2. The third kappa shape index (κ3) is 5.27. The van der Waals surface area contributed by atoms with Gasteiger partial charge in [-0.1, -0.05) is 48.5 Å². The van der Waals surface area contributed by atoms with Crippen LogP contribution in [0.3, 0.4) is 0 Å². The van der Waals surface area contributed by atoms with Crippen LogP contribution in [0.15, 0.2) is 54.7 Å². The maximum absolute atomic E-state index is 12.3. The number of aromatic nitrogens is 2. The molecule has 2 heterocycles. The molecule has 1 aromatic heterocycles. The van der Waals surface area contributed by atoms with Crippen LogP contribution in [-0.4, -0.2) is 46.1 Å². The Morgan fingerprint density at radius 2 is 1.89 bits per heavy atom. The van der Waals surface area contributed by atoms with Gasteiger partial charge in [-0.2, -0.15) is 5.10 Å². The topological polar surface area (TPSA) is 97.6 Å². The number of nitrogens with one attached hydrogen (secondary N) is 1. The van der Waals surface area contributed by atoms with E-state index in [1.54, 1.807) is 10.9 Å². The fraction of sp³-hybridized carbons (Fsp3) is 0.379. The normalized spacial score (nSPS) is 17.2. The first-order valence-corrected chi connectivity index (χ1v) is 12.8. The van der Waals surface area contributed by atoms with Gasteiger partial charge in [-0.25, -0.2) is 6.57 Å². The highest BCUT2D eigenvalue weighted by molar-refractivity contribution is 6.02. The quantitative estimate of drug-likeness (QED) is 0.457. The third-order valence-corrected chi connectivity index (χ3v) is 7.60. The van der Waals surface area contributed by atoms with Crippen molar-refractivity contribution in [1.29, 1.82) is 0 Å². The first kappa shape index (κ1) is 24.7. The van der Waals surface area contributed by atoms with Crippen LogP contribution in [0.4, 0.5) is 5.82 Å². The molecular weight excluding hydrogens is 464 g/mol. The summed E-state index contributed by atoms with van der Waals surface area (Å²) in [7, 11) is 0. The fourth-order valence-electron chi connectivity index (χ4n) is 5.21. The van der Waals surface area contributed by atoms with Gasteiger partial charge in [-0.05, 0) is 54.9 Å². The van der Waals surface area contributed by atoms with Crippen molar-refractivity contribution >= 4 is 17.6 Å². The van der Waals surface area contributed by atoms with Crippen LogP contribution in [0.25, 0.3) is 16.0 Å². The molecule has 0 bridgehead atoms. The lowest BCUT2D eigenvalue weighted by Crippen LogP contribution is -2.48. The minimum Gasteiger partial charge on any atom is -0.365 e. The van der Waals surface area contributed by atoms with E-state index in [0.717, 1.165) is 32.5 Å². The number of amides is 2. The molecule has 37 heavy (non-hydrogen) atoms. The van der Waals surface area contributed by atoms with Crippen molar-refractivity contribution < 1.29 is 9.59 Å². The molecule has 1 aliphatic heterocycles. The number of carbonyl (C=O) groups excluding carboxylic acids is 2. The van der Waals surface area contributed by atoms with Gasteiger partial charge in [-0.15, -0.1) is 0 Å². The smallest absolute Gasteiger partial charge is 0.254 e. The Morgan fingerprint density at radius 1 is 1.16 bits per heavy atom. The molecule has 1 aliphatic carbocycles. The molecule has 2 fully saturated rings. The summed E-state index contributed by atoms with van der Waals surface area (Å²) < 4.78 is 1.71. The standard InChI is InChI=1S/C29H32N6O2/c1-20-16-21(8-11-24(20)22-6-4-3-5-7-22)17-34-14-12-29(13-15-34,19-31-2)35-18-25(26(30)36)27(33-35)32-28(37)23-9-10-23/h3-8,11,16,18,23H,9-10,12-15,17,19H2,1H3,(H2,30,36)(H,32,33,37). The van der Waals surface area contributed by atoms with Crippen LogP contribution in [0.2, 0.25) is 0 Å². The van der Waals surface area contributed by atoms with E-state index in [0.29, 0.717) is 12.8 Å². The van der Waals surface area contributed by atoms with Crippen molar-refractivity contribution in [1.82, 2.24) is 14.7 Å². The Morgan fingerprint density at radius 3 is 2.51 bits per heavy atom. The lowest BCUT2D eigenvalue weighted by molar-refractivity contribution is -0.117. The third-order valence-electron chi connectivity index (χ3n) is 7.60. The zero-order chi connectivity index (χ0) is 26.0. The second-order valence-electron chi connectivity index (χ2n) is 10.3. The second-order valence-corrected chi connectivity index (χ2v) is 10.3. The Kier molecular flexibility index (Phi) is 6.81. The summed E-state index contributed by atoms with van der Waals surface area (Å²) in [6.45, 7) is 12.4. The van der Waals surface area contributed by atoms with Crippen LogP contribution in [0.1, 0.15) is 47.2 Å². The molecular formula is C29H32N6O2. The van der Waals surface area contributed by atoms with Crippen LogP contribution >= 0.6 is 0 Å². The van der Waals surface area contributed by atoms with Crippen molar-refractivity contribution in [2.45, 2.75) is 44.7 Å². The van der Waals surface area contributed by atoms with Gasteiger partial charge in [0.25, 0.3) is 5.91 Å². The van der Waals surface area contributed by atoms with Gasteiger partial charge in [0.15, 0.2) is 5.82 Å². The Bertz CT molecular complexity index is 1340. The number of nitrogens with two attached hydrogens (primary N) is 1. The molecule has 2 amide bonds. The first-order chi connectivity index (χ1) is 17.9. The molecule has 0 spiro atoms. The number of benzene rings is 2. The van der Waals surface area contributed by atoms with E-state index in [1.165, 1.54) is 22.3 Å². The fourth-order valence-corrected chi connectivity index (χ4v) is 5.21. The molecule has 0 unspecified atom stereocenters. The molecule has 0 radical (unpaired) electrons. The average Bonchev–Trinajstić information content (AvgIpc) is 3.66. The van der Waals surface area contributed by atoms with Gasteiger partial charge in [0.1, 0.15) is 11.1 Å². The molecule has 190 valence electrons. The van der Waals surface area contributed by atoms with E-state index in [2.05, 4.69) is 69.5 Å². The maximum atomic E-state index is 12.3. The van der Waals surface area contributed by atoms with Crippen LogP contribution < -0.4 is 11.1 Å². The highest BCUT2D eigenvalue weighted by Crippen LogP contribution is 2.34. The minimum atomic E-state index is -0.637. The van der Waals surface area contributed by atoms with Crippen molar-refractivity contribution in [2.24, 2.45) is 11.7 Å². The Labute approximate surface area is 217 Å². The highest BCUT2D eigenvalue weighted by Gasteiger charge is 2.41. The van der Waals surface area contributed by atoms with Gasteiger partial charge >= 0.3 is 0 Å². The van der Waals surface area contributed by atoms with E-state index in [4.69, 9.17) is 12.3 Å². The van der Waals surface area contributed by atoms with Gasteiger partial charge < -0.3 is 15.9 Å². The van der Waals surface area contributed by atoms with Crippen molar-refractivity contribution in [2.75, 3.05) is 25.0 Å². The number of anilines is 1. The van der Waals surface area contributed by atoms with Crippen LogP contribution in [0.5, 0.6) is 0 Å². The zero-order valence-electron chi connectivity index (χ0n) is 21.1. The van der Waals surface area contributed by atoms with Gasteiger partial charge in [-0.3, -0.25) is 19.2 Å². The lowest BCUT2D eigenvalue weighted by atomic mass is 9.87. The zero-order valence-corrected chi connectivity index (χ0v) is 21.1. The maximum Gasteiger partial charge on any atom is 0.254 e. The summed E-state index contributed by atoms with van der Waals surface area (Å²) in [5, 5.41) is 7.35. The molecule has 3 aromatic rings. The Hall–Kier alpha value is -3.96. The van der Waals surface area contributed by atoms with Gasteiger partial charge in [0.05, 0.1) is 0 Å². The van der Waals surface area contributed by atoms with E-state index in [9.17, 15) is 9.59 Å². The number of hydrogen-bond acceptors (Lipinski definition) is 4. The summed E-state index contributed by atoms with van der Waals surface area (Å²) in [4.78, 5) is 30.5. The number of hydrogen-bond donors (Lipinski definition) is 2. The number of likely N-dealkylation sites (tertiary alicyclic amines) is 1. The van der Waals surface area contributed by atoms with Crippen LogP contribution in [0, 0.1) is 19.4 Å². The van der Waals surface area contributed by atoms with E-state index in [1.807, 2.05) is 6.07 Å². The number of aryl methyl sites for hydroxylation is 1. The van der Waals surface area contributed by atoms with Crippen molar-refractivity contribution in [3.8, 4) is 11.1 Å². The lowest BCUT2D eigenvalue weighted by Gasteiger charge is -2.38. The van der Waals surface area contributed by atoms with Crippen LogP contribution in [-0.2, 0) is 16.9 Å². The average molecular weight is 497 g/mol. The Balaban J connectivity index is 1.30. The molecule has 5 rings (SSSR count). The summed E-state index contributed by atoms with van der Waals surface area (Å²) in [6, 6.07) is 17.0. The van der Waals surface area contributed by atoms with Gasteiger partial charge in [0, 0.05) is 31.7 Å². The molecule has 2 aliphatic rings. The molecule has 2 aromatic carbocycles.